The minimum absolute atomic E-state index is 0.165. The van der Waals surface area contributed by atoms with Gasteiger partial charge in [-0.15, -0.1) is 0 Å². The molecular weight excluding hydrogens is 328 g/mol. The van der Waals surface area contributed by atoms with Gasteiger partial charge in [-0.05, 0) is 19.3 Å². The first kappa shape index (κ1) is 20.0. The van der Waals surface area contributed by atoms with Crippen molar-refractivity contribution in [2.24, 2.45) is 0 Å². The lowest BCUT2D eigenvalue weighted by Gasteiger charge is -2.05. The van der Waals surface area contributed by atoms with Gasteiger partial charge in [0, 0.05) is 12.1 Å². The Hall–Kier alpha value is -3.03. The zero-order valence-corrected chi connectivity index (χ0v) is 13.8. The topological polar surface area (TPSA) is 113 Å². The third kappa shape index (κ3) is 7.38. The Balaban J connectivity index is 2.47. The number of nitro benzene ring substituents is 2. The van der Waals surface area contributed by atoms with Gasteiger partial charge in [-0.25, -0.2) is 4.79 Å². The summed E-state index contributed by atoms with van der Waals surface area (Å²) in [6.45, 7) is 3.75. The van der Waals surface area contributed by atoms with E-state index in [1.54, 1.807) is 6.08 Å². The summed E-state index contributed by atoms with van der Waals surface area (Å²) in [4.78, 5) is 31.9. The second-order valence-electron chi connectivity index (χ2n) is 5.25. The number of nitro groups is 2. The highest BCUT2D eigenvalue weighted by Gasteiger charge is 2.20. The lowest BCUT2D eigenvalue weighted by atomic mass is 10.1. The molecule has 0 aliphatic rings. The quantitative estimate of drug-likeness (QED) is 0.193. The first-order chi connectivity index (χ1) is 12.0. The van der Waals surface area contributed by atoms with Crippen LogP contribution in [-0.4, -0.2) is 22.4 Å². The second-order valence-corrected chi connectivity index (χ2v) is 5.25. The van der Waals surface area contributed by atoms with Crippen molar-refractivity contribution >= 4 is 17.3 Å². The fourth-order valence-electron chi connectivity index (χ4n) is 2.08. The number of hydrogen-bond acceptors (Lipinski definition) is 6. The maximum Gasteiger partial charge on any atom is 0.338 e. The zero-order chi connectivity index (χ0) is 18.7. The predicted octanol–water partition coefficient (Wildman–Crippen LogP) is 4.35. The molecule has 0 bridgehead atoms. The fourth-order valence-corrected chi connectivity index (χ4v) is 2.08. The molecule has 8 nitrogen and oxygen atoms in total. The van der Waals surface area contributed by atoms with Crippen LogP contribution in [0.1, 0.15) is 42.5 Å². The van der Waals surface area contributed by atoms with Crippen molar-refractivity contribution in [3.63, 3.8) is 0 Å². The SMILES string of the molecule is C=C/C=C\CCCCCCOC(=O)c1cc([N+](=O)[O-])cc([N+](=O)[O-])c1. The molecule has 0 aliphatic heterocycles. The van der Waals surface area contributed by atoms with Gasteiger partial charge in [0.05, 0.1) is 28.1 Å². The number of benzene rings is 1. The molecule has 0 radical (unpaired) electrons. The van der Waals surface area contributed by atoms with Crippen LogP contribution in [-0.2, 0) is 4.74 Å². The highest BCUT2D eigenvalue weighted by molar-refractivity contribution is 5.91. The number of hydrogen-bond donors (Lipinski definition) is 0. The minimum Gasteiger partial charge on any atom is -0.462 e. The van der Waals surface area contributed by atoms with E-state index >= 15 is 0 Å². The zero-order valence-electron chi connectivity index (χ0n) is 13.8. The van der Waals surface area contributed by atoms with Crippen molar-refractivity contribution in [3.05, 3.63) is 68.8 Å². The van der Waals surface area contributed by atoms with Gasteiger partial charge in [0.1, 0.15) is 0 Å². The number of esters is 1. The molecule has 134 valence electrons. The highest BCUT2D eigenvalue weighted by Crippen LogP contribution is 2.23. The molecule has 0 saturated carbocycles. The predicted molar refractivity (Wildman–Crippen MR) is 92.5 cm³/mol. The highest BCUT2D eigenvalue weighted by atomic mass is 16.6. The van der Waals surface area contributed by atoms with E-state index in [9.17, 15) is 25.0 Å². The van der Waals surface area contributed by atoms with Crippen molar-refractivity contribution in [2.75, 3.05) is 6.61 Å². The lowest BCUT2D eigenvalue weighted by molar-refractivity contribution is -0.394. The molecule has 25 heavy (non-hydrogen) atoms. The van der Waals surface area contributed by atoms with E-state index in [0.29, 0.717) is 6.42 Å². The van der Waals surface area contributed by atoms with E-state index in [1.165, 1.54) is 0 Å². The van der Waals surface area contributed by atoms with Crippen LogP contribution in [0.3, 0.4) is 0 Å². The molecule has 0 aromatic heterocycles. The number of nitrogens with zero attached hydrogens (tertiary/aromatic N) is 2. The average Bonchev–Trinajstić information content (AvgIpc) is 2.59. The summed E-state index contributed by atoms with van der Waals surface area (Å²) in [5.74, 6) is -0.805. The third-order valence-corrected chi connectivity index (χ3v) is 3.33. The monoisotopic (exact) mass is 348 g/mol. The molecule has 1 aromatic rings. The summed E-state index contributed by atoms with van der Waals surface area (Å²) in [6.07, 6.45) is 10.2. The van der Waals surface area contributed by atoms with Gasteiger partial charge >= 0.3 is 5.97 Å². The molecular formula is C17H20N2O6. The van der Waals surface area contributed by atoms with Crippen LogP contribution in [0.5, 0.6) is 0 Å². The Morgan fingerprint density at radius 2 is 1.64 bits per heavy atom. The van der Waals surface area contributed by atoms with Gasteiger partial charge in [-0.2, -0.15) is 0 Å². The van der Waals surface area contributed by atoms with Crippen molar-refractivity contribution in [2.45, 2.75) is 32.1 Å². The normalized spacial score (nSPS) is 10.6. The van der Waals surface area contributed by atoms with Crippen LogP contribution in [0.4, 0.5) is 11.4 Å². The van der Waals surface area contributed by atoms with E-state index < -0.39 is 27.2 Å². The summed E-state index contributed by atoms with van der Waals surface area (Å²) in [5.41, 5.74) is -1.24. The number of carbonyl (C=O) groups excluding carboxylic acids is 1. The molecule has 0 unspecified atom stereocenters. The van der Waals surface area contributed by atoms with Crippen molar-refractivity contribution in [3.8, 4) is 0 Å². The van der Waals surface area contributed by atoms with E-state index in [-0.39, 0.29) is 12.2 Å². The van der Waals surface area contributed by atoms with Crippen LogP contribution in [0.2, 0.25) is 0 Å². The van der Waals surface area contributed by atoms with Gasteiger partial charge in [-0.3, -0.25) is 20.2 Å². The number of ether oxygens (including phenoxy) is 1. The molecule has 8 heteroatoms. The summed E-state index contributed by atoms with van der Waals surface area (Å²) in [5, 5.41) is 21.6. The number of rotatable bonds is 11. The smallest absolute Gasteiger partial charge is 0.338 e. The molecule has 0 atom stereocenters. The Bertz CT molecular complexity index is 637. The first-order valence-electron chi connectivity index (χ1n) is 7.84. The molecule has 0 N–H and O–H groups in total. The van der Waals surface area contributed by atoms with E-state index in [2.05, 4.69) is 6.58 Å². The van der Waals surface area contributed by atoms with Gasteiger partial charge in [-0.1, -0.05) is 37.6 Å². The van der Waals surface area contributed by atoms with E-state index in [1.807, 2.05) is 12.2 Å². The second kappa shape index (κ2) is 10.7. The average molecular weight is 348 g/mol. The van der Waals surface area contributed by atoms with E-state index in [0.717, 1.165) is 43.9 Å². The lowest BCUT2D eigenvalue weighted by Crippen LogP contribution is -2.08. The molecule has 0 saturated heterocycles. The molecule has 0 amide bonds. The van der Waals surface area contributed by atoms with Crippen molar-refractivity contribution in [1.29, 1.82) is 0 Å². The Labute approximate surface area is 145 Å². The number of non-ortho nitro benzene ring substituents is 2. The van der Waals surface area contributed by atoms with Crippen LogP contribution < -0.4 is 0 Å². The van der Waals surface area contributed by atoms with Crippen LogP contribution >= 0.6 is 0 Å². The molecule has 0 fully saturated rings. The molecule has 1 rings (SSSR count). The standard InChI is InChI=1S/C17H20N2O6/c1-2-3-4-5-6-7-8-9-10-25-17(20)14-11-15(18(21)22)13-16(12-14)19(23)24/h2-4,11-13H,1,5-10H2/b4-3-. The first-order valence-corrected chi connectivity index (χ1v) is 7.84. The summed E-state index contributed by atoms with van der Waals surface area (Å²) in [6, 6.07) is 2.75. The van der Waals surface area contributed by atoms with Crippen molar-refractivity contribution < 1.29 is 19.4 Å². The van der Waals surface area contributed by atoms with Gasteiger partial charge in [0.2, 0.25) is 0 Å². The molecule has 0 aliphatic carbocycles. The summed E-state index contributed by atoms with van der Waals surface area (Å²) in [7, 11) is 0. The van der Waals surface area contributed by atoms with Gasteiger partial charge < -0.3 is 4.74 Å². The Morgan fingerprint density at radius 1 is 1.04 bits per heavy atom. The van der Waals surface area contributed by atoms with Gasteiger partial charge in [0.25, 0.3) is 11.4 Å². The largest absolute Gasteiger partial charge is 0.462 e. The number of unbranched alkanes of at least 4 members (excludes halogenated alkanes) is 4. The maximum absolute atomic E-state index is 11.9. The van der Waals surface area contributed by atoms with Crippen LogP contribution in [0, 0.1) is 20.2 Å². The molecule has 0 spiro atoms. The summed E-state index contributed by atoms with van der Waals surface area (Å²) < 4.78 is 5.03. The molecule has 0 heterocycles. The minimum atomic E-state index is -0.805. The maximum atomic E-state index is 11.9. The Morgan fingerprint density at radius 3 is 2.20 bits per heavy atom. The molecule has 1 aromatic carbocycles. The van der Waals surface area contributed by atoms with Crippen molar-refractivity contribution in [1.82, 2.24) is 0 Å². The Kier molecular flexibility index (Phi) is 8.56. The number of allylic oxidation sites excluding steroid dienone is 3. The van der Waals surface area contributed by atoms with E-state index in [4.69, 9.17) is 4.74 Å². The number of carbonyl (C=O) groups is 1. The fraction of sp³-hybridized carbons (Fsp3) is 0.353. The summed E-state index contributed by atoms with van der Waals surface area (Å²) >= 11 is 0. The third-order valence-electron chi connectivity index (χ3n) is 3.33. The van der Waals surface area contributed by atoms with Crippen LogP contribution in [0.15, 0.2) is 43.0 Å². The van der Waals surface area contributed by atoms with Crippen LogP contribution in [0.25, 0.3) is 0 Å². The van der Waals surface area contributed by atoms with Gasteiger partial charge in [0.15, 0.2) is 0 Å².